The van der Waals surface area contributed by atoms with Crippen molar-refractivity contribution in [2.24, 2.45) is 0 Å². The van der Waals surface area contributed by atoms with Gasteiger partial charge in [0.05, 0.1) is 12.7 Å². The van der Waals surface area contributed by atoms with E-state index >= 15 is 0 Å². The predicted octanol–water partition coefficient (Wildman–Crippen LogP) is 1.36. The van der Waals surface area contributed by atoms with Gasteiger partial charge in [-0.05, 0) is 11.6 Å². The largest absolute Gasteiger partial charge is 0.474 e. The maximum atomic E-state index is 10.0. The third-order valence-electron chi connectivity index (χ3n) is 4.26. The van der Waals surface area contributed by atoms with Crippen molar-refractivity contribution in [2.75, 3.05) is 39.4 Å². The molecular weight excluding hydrogens is 368 g/mol. The Labute approximate surface area is 164 Å². The van der Waals surface area contributed by atoms with Crippen molar-refractivity contribution in [2.45, 2.75) is 18.8 Å². The normalized spacial score (nSPS) is 19.0. The van der Waals surface area contributed by atoms with E-state index in [-0.39, 0.29) is 12.7 Å². The van der Waals surface area contributed by atoms with Crippen LogP contribution in [0.25, 0.3) is 0 Å². The minimum absolute atomic E-state index is 0.109. The Kier molecular flexibility index (Phi) is 7.79. The van der Waals surface area contributed by atoms with E-state index in [0.717, 1.165) is 26.2 Å². The van der Waals surface area contributed by atoms with Gasteiger partial charge in [-0.15, -0.1) is 10.2 Å². The zero-order valence-corrected chi connectivity index (χ0v) is 15.9. The smallest absolute Gasteiger partial charge is 0.233 e. The SMILES string of the molecule is OC(CNCC1CN(Cc2ccccc2)CCO1)COc1ccc(Cl)nn1. The molecule has 1 aromatic carbocycles. The van der Waals surface area contributed by atoms with Crippen molar-refractivity contribution >= 4 is 11.6 Å². The molecule has 1 aliphatic rings. The molecule has 3 rings (SSSR count). The zero-order chi connectivity index (χ0) is 18.9. The van der Waals surface area contributed by atoms with Crippen LogP contribution in [-0.2, 0) is 11.3 Å². The summed E-state index contributed by atoms with van der Waals surface area (Å²) in [4.78, 5) is 2.39. The molecule has 0 aliphatic carbocycles. The lowest BCUT2D eigenvalue weighted by molar-refractivity contribution is -0.0312. The summed E-state index contributed by atoms with van der Waals surface area (Å²) in [5.74, 6) is 0.339. The van der Waals surface area contributed by atoms with Gasteiger partial charge in [-0.1, -0.05) is 41.9 Å². The van der Waals surface area contributed by atoms with Crippen LogP contribution in [0.3, 0.4) is 0 Å². The van der Waals surface area contributed by atoms with Crippen LogP contribution in [0.2, 0.25) is 5.15 Å². The highest BCUT2D eigenvalue weighted by molar-refractivity contribution is 6.29. The highest BCUT2D eigenvalue weighted by Crippen LogP contribution is 2.10. The van der Waals surface area contributed by atoms with Crippen LogP contribution < -0.4 is 10.1 Å². The first-order valence-corrected chi connectivity index (χ1v) is 9.45. The van der Waals surface area contributed by atoms with Gasteiger partial charge in [0.25, 0.3) is 0 Å². The minimum Gasteiger partial charge on any atom is -0.474 e. The quantitative estimate of drug-likeness (QED) is 0.667. The van der Waals surface area contributed by atoms with Crippen LogP contribution in [0.4, 0.5) is 0 Å². The molecule has 2 heterocycles. The number of benzene rings is 1. The van der Waals surface area contributed by atoms with E-state index in [1.165, 1.54) is 5.56 Å². The predicted molar refractivity (Wildman–Crippen MR) is 103 cm³/mol. The molecule has 2 aromatic rings. The Hall–Kier alpha value is -1.77. The molecule has 0 bridgehead atoms. The Balaban J connectivity index is 1.32. The lowest BCUT2D eigenvalue weighted by Gasteiger charge is -2.33. The van der Waals surface area contributed by atoms with E-state index in [9.17, 15) is 5.11 Å². The molecule has 8 heteroatoms. The third-order valence-corrected chi connectivity index (χ3v) is 4.46. The fourth-order valence-electron chi connectivity index (χ4n) is 2.92. The van der Waals surface area contributed by atoms with Gasteiger partial charge in [-0.2, -0.15) is 0 Å². The molecule has 1 fully saturated rings. The van der Waals surface area contributed by atoms with E-state index in [1.54, 1.807) is 12.1 Å². The first-order chi connectivity index (χ1) is 13.2. The highest BCUT2D eigenvalue weighted by atomic mass is 35.5. The number of aromatic nitrogens is 2. The van der Waals surface area contributed by atoms with E-state index < -0.39 is 6.10 Å². The number of nitrogens with zero attached hydrogens (tertiary/aromatic N) is 3. The second kappa shape index (κ2) is 10.5. The van der Waals surface area contributed by atoms with Crippen molar-refractivity contribution in [3.8, 4) is 5.88 Å². The molecular formula is C19H25ClN4O3. The molecule has 0 amide bonds. The van der Waals surface area contributed by atoms with Crippen molar-refractivity contribution in [3.63, 3.8) is 0 Å². The number of aliphatic hydroxyl groups excluding tert-OH is 1. The molecule has 1 aromatic heterocycles. The summed E-state index contributed by atoms with van der Waals surface area (Å²) in [6, 6.07) is 13.7. The van der Waals surface area contributed by atoms with Crippen LogP contribution in [0.15, 0.2) is 42.5 Å². The fourth-order valence-corrected chi connectivity index (χ4v) is 3.02. The first kappa shape index (κ1) is 20.0. The number of ether oxygens (including phenoxy) is 2. The summed E-state index contributed by atoms with van der Waals surface area (Å²) < 4.78 is 11.2. The lowest BCUT2D eigenvalue weighted by Crippen LogP contribution is -2.47. The van der Waals surface area contributed by atoms with E-state index in [1.807, 2.05) is 6.07 Å². The second-order valence-electron chi connectivity index (χ2n) is 6.53. The fraction of sp³-hybridized carbons (Fsp3) is 0.474. The number of halogens is 1. The van der Waals surface area contributed by atoms with Crippen LogP contribution >= 0.6 is 11.6 Å². The Morgan fingerprint density at radius 1 is 1.26 bits per heavy atom. The first-order valence-electron chi connectivity index (χ1n) is 9.08. The minimum atomic E-state index is -0.647. The average molecular weight is 393 g/mol. The summed E-state index contributed by atoms with van der Waals surface area (Å²) in [5, 5.41) is 21.1. The van der Waals surface area contributed by atoms with Gasteiger partial charge >= 0.3 is 0 Å². The molecule has 27 heavy (non-hydrogen) atoms. The van der Waals surface area contributed by atoms with Gasteiger partial charge in [-0.3, -0.25) is 4.90 Å². The lowest BCUT2D eigenvalue weighted by atomic mass is 10.2. The van der Waals surface area contributed by atoms with E-state index in [0.29, 0.717) is 24.1 Å². The number of hydrogen-bond donors (Lipinski definition) is 2. The number of nitrogens with one attached hydrogen (secondary N) is 1. The Morgan fingerprint density at radius 2 is 2.11 bits per heavy atom. The summed E-state index contributed by atoms with van der Waals surface area (Å²) in [6.07, 6.45) is -0.538. The molecule has 1 aliphatic heterocycles. The standard InChI is InChI=1S/C19H25ClN4O3/c20-18-6-7-19(23-22-18)27-14-16(25)10-21-11-17-13-24(8-9-26-17)12-15-4-2-1-3-5-15/h1-7,16-17,21,25H,8-14H2. The molecule has 0 saturated carbocycles. The molecule has 0 radical (unpaired) electrons. The van der Waals surface area contributed by atoms with Crippen molar-refractivity contribution in [1.29, 1.82) is 0 Å². The summed E-state index contributed by atoms with van der Waals surface area (Å²) in [7, 11) is 0. The van der Waals surface area contributed by atoms with Crippen molar-refractivity contribution in [1.82, 2.24) is 20.4 Å². The van der Waals surface area contributed by atoms with Gasteiger partial charge in [0.1, 0.15) is 12.7 Å². The van der Waals surface area contributed by atoms with E-state index in [4.69, 9.17) is 21.1 Å². The van der Waals surface area contributed by atoms with Gasteiger partial charge in [0.2, 0.25) is 5.88 Å². The maximum absolute atomic E-state index is 10.0. The van der Waals surface area contributed by atoms with Crippen LogP contribution in [0.5, 0.6) is 5.88 Å². The maximum Gasteiger partial charge on any atom is 0.233 e. The molecule has 2 N–H and O–H groups in total. The van der Waals surface area contributed by atoms with Crippen LogP contribution in [-0.4, -0.2) is 71.8 Å². The molecule has 1 saturated heterocycles. The third kappa shape index (κ3) is 7.04. The van der Waals surface area contributed by atoms with Gasteiger partial charge in [0, 0.05) is 38.8 Å². The number of aliphatic hydroxyl groups is 1. The number of morpholine rings is 1. The summed E-state index contributed by atoms with van der Waals surface area (Å²) >= 11 is 5.67. The summed E-state index contributed by atoms with van der Waals surface area (Å²) in [5.41, 5.74) is 1.31. The van der Waals surface area contributed by atoms with E-state index in [2.05, 4.69) is 44.7 Å². The second-order valence-corrected chi connectivity index (χ2v) is 6.92. The Bertz CT molecular complexity index is 674. The van der Waals surface area contributed by atoms with Crippen LogP contribution in [0, 0.1) is 0 Å². The van der Waals surface area contributed by atoms with Crippen molar-refractivity contribution in [3.05, 3.63) is 53.2 Å². The average Bonchev–Trinajstić information content (AvgIpc) is 2.69. The van der Waals surface area contributed by atoms with Crippen LogP contribution in [0.1, 0.15) is 5.56 Å². The van der Waals surface area contributed by atoms with Crippen molar-refractivity contribution < 1.29 is 14.6 Å². The zero-order valence-electron chi connectivity index (χ0n) is 15.1. The number of rotatable bonds is 9. The van der Waals surface area contributed by atoms with Gasteiger partial charge in [0.15, 0.2) is 5.15 Å². The summed E-state index contributed by atoms with van der Waals surface area (Å²) in [6.45, 7) is 4.69. The molecule has 0 spiro atoms. The number of hydrogen-bond acceptors (Lipinski definition) is 7. The molecule has 7 nitrogen and oxygen atoms in total. The molecule has 2 unspecified atom stereocenters. The van der Waals surface area contributed by atoms with Gasteiger partial charge in [-0.25, -0.2) is 0 Å². The molecule has 146 valence electrons. The monoisotopic (exact) mass is 392 g/mol. The molecule has 2 atom stereocenters. The topological polar surface area (TPSA) is 79.7 Å². The Morgan fingerprint density at radius 3 is 2.89 bits per heavy atom. The highest BCUT2D eigenvalue weighted by Gasteiger charge is 2.20. The van der Waals surface area contributed by atoms with Gasteiger partial charge < -0.3 is 19.9 Å².